The lowest BCUT2D eigenvalue weighted by molar-refractivity contribution is -0.191. The van der Waals surface area contributed by atoms with E-state index < -0.39 is 59.3 Å². The highest BCUT2D eigenvalue weighted by Crippen LogP contribution is 2.52. The first-order valence-corrected chi connectivity index (χ1v) is 12.0. The zero-order chi connectivity index (χ0) is 26.5. The van der Waals surface area contributed by atoms with Crippen molar-refractivity contribution in [1.29, 1.82) is 0 Å². The molecule has 0 bridgehead atoms. The standard InChI is InChI=1S/C25H31NO10/c1-5-32-21(28)17-18(16-14-36-20(26(16)19(17)27)15-12-10-9-11-13-15)25(22(29)33-6-2,23(30)34-7-3)24(31)35-8-4/h9-13,16-18,20H,5-8,14H2,1-4H3/t16-,17?,18?,20-/m1/s1. The lowest BCUT2D eigenvalue weighted by atomic mass is 9.67. The fraction of sp³-hybridized carbons (Fsp3) is 0.560. The van der Waals surface area contributed by atoms with Gasteiger partial charge in [0, 0.05) is 11.5 Å². The highest BCUT2D eigenvalue weighted by Gasteiger charge is 2.74. The zero-order valence-electron chi connectivity index (χ0n) is 20.8. The quantitative estimate of drug-likeness (QED) is 0.261. The summed E-state index contributed by atoms with van der Waals surface area (Å²) in [6.45, 7) is 5.29. The minimum Gasteiger partial charge on any atom is -0.465 e. The second-order valence-corrected chi connectivity index (χ2v) is 8.13. The molecular weight excluding hydrogens is 474 g/mol. The van der Waals surface area contributed by atoms with E-state index in [0.717, 1.165) is 0 Å². The smallest absolute Gasteiger partial charge is 0.335 e. The van der Waals surface area contributed by atoms with Gasteiger partial charge in [-0.1, -0.05) is 30.3 Å². The maximum absolute atomic E-state index is 13.8. The molecule has 1 amide bonds. The lowest BCUT2D eigenvalue weighted by Gasteiger charge is -2.35. The summed E-state index contributed by atoms with van der Waals surface area (Å²) in [7, 11) is 0. The Kier molecular flexibility index (Phi) is 8.67. The first-order chi connectivity index (χ1) is 17.3. The molecule has 2 aliphatic rings. The van der Waals surface area contributed by atoms with Crippen molar-refractivity contribution in [3.63, 3.8) is 0 Å². The van der Waals surface area contributed by atoms with Gasteiger partial charge in [0.15, 0.2) is 6.23 Å². The Bertz CT molecular complexity index is 948. The number of carbonyl (C=O) groups excluding carboxylic acids is 5. The van der Waals surface area contributed by atoms with Gasteiger partial charge in [-0.25, -0.2) is 0 Å². The zero-order valence-corrected chi connectivity index (χ0v) is 20.8. The van der Waals surface area contributed by atoms with Crippen LogP contribution in [0.1, 0.15) is 39.5 Å². The van der Waals surface area contributed by atoms with Crippen LogP contribution < -0.4 is 0 Å². The Balaban J connectivity index is 2.25. The third-order valence-electron chi connectivity index (χ3n) is 6.25. The van der Waals surface area contributed by atoms with E-state index in [9.17, 15) is 24.0 Å². The summed E-state index contributed by atoms with van der Waals surface area (Å²) < 4.78 is 26.6. The average Bonchev–Trinajstić information content (AvgIpc) is 3.40. The van der Waals surface area contributed by atoms with Crippen molar-refractivity contribution in [2.45, 2.75) is 40.0 Å². The van der Waals surface area contributed by atoms with Gasteiger partial charge in [0.05, 0.1) is 39.1 Å². The normalized spacial score (nSPS) is 23.1. The van der Waals surface area contributed by atoms with Crippen molar-refractivity contribution in [3.05, 3.63) is 35.9 Å². The number of ether oxygens (including phenoxy) is 5. The second kappa shape index (κ2) is 11.5. The number of rotatable bonds is 10. The minimum atomic E-state index is -2.76. The van der Waals surface area contributed by atoms with Crippen molar-refractivity contribution in [1.82, 2.24) is 4.90 Å². The summed E-state index contributed by atoms with van der Waals surface area (Å²) >= 11 is 0. The van der Waals surface area contributed by atoms with Crippen LogP contribution in [0.4, 0.5) is 0 Å². The Morgan fingerprint density at radius 2 is 1.36 bits per heavy atom. The first kappa shape index (κ1) is 27.1. The number of fused-ring (bicyclic) bond motifs is 1. The molecule has 0 aliphatic carbocycles. The van der Waals surface area contributed by atoms with Gasteiger partial charge in [-0.3, -0.25) is 24.0 Å². The molecular formula is C25H31NO10. The summed E-state index contributed by atoms with van der Waals surface area (Å²) in [5, 5.41) is 0. The van der Waals surface area contributed by atoms with Crippen LogP contribution in [0.2, 0.25) is 0 Å². The van der Waals surface area contributed by atoms with E-state index in [1.807, 2.05) is 0 Å². The van der Waals surface area contributed by atoms with E-state index >= 15 is 0 Å². The van der Waals surface area contributed by atoms with Gasteiger partial charge in [-0.05, 0) is 27.7 Å². The molecule has 0 radical (unpaired) electrons. The molecule has 2 heterocycles. The monoisotopic (exact) mass is 505 g/mol. The Hall–Kier alpha value is -3.47. The third kappa shape index (κ3) is 4.43. The van der Waals surface area contributed by atoms with Gasteiger partial charge in [0.1, 0.15) is 5.92 Å². The van der Waals surface area contributed by atoms with E-state index in [1.54, 1.807) is 37.3 Å². The maximum Gasteiger partial charge on any atom is 0.335 e. The number of carbonyl (C=O) groups is 5. The van der Waals surface area contributed by atoms with Gasteiger partial charge in [-0.15, -0.1) is 0 Å². The van der Waals surface area contributed by atoms with Crippen molar-refractivity contribution in [2.75, 3.05) is 33.0 Å². The Labute approximate surface area is 208 Å². The molecule has 36 heavy (non-hydrogen) atoms. The number of esters is 4. The maximum atomic E-state index is 13.8. The molecule has 3 rings (SSSR count). The molecule has 4 atom stereocenters. The van der Waals surface area contributed by atoms with Crippen LogP contribution in [0, 0.1) is 17.3 Å². The fourth-order valence-electron chi connectivity index (χ4n) is 4.90. The van der Waals surface area contributed by atoms with E-state index in [-0.39, 0.29) is 33.0 Å². The minimum absolute atomic E-state index is 0.0656. The molecule has 1 aromatic rings. The number of nitrogens with zero attached hydrogens (tertiary/aromatic N) is 1. The molecule has 2 saturated heterocycles. The Morgan fingerprint density at radius 1 is 0.861 bits per heavy atom. The number of amides is 1. The van der Waals surface area contributed by atoms with Crippen molar-refractivity contribution in [3.8, 4) is 0 Å². The number of hydrogen-bond donors (Lipinski definition) is 0. The molecule has 1 aromatic carbocycles. The largest absolute Gasteiger partial charge is 0.465 e. The SMILES string of the molecule is CCOC(=O)C1C(=O)N2[C@@H](c3ccccc3)OC[C@@H]2C1C(C(=O)OCC)(C(=O)OCC)C(=O)OCC. The van der Waals surface area contributed by atoms with E-state index in [0.29, 0.717) is 5.56 Å². The average molecular weight is 506 g/mol. The van der Waals surface area contributed by atoms with Gasteiger partial charge >= 0.3 is 23.9 Å². The van der Waals surface area contributed by atoms with E-state index in [1.165, 1.54) is 25.7 Å². The topological polar surface area (TPSA) is 135 Å². The van der Waals surface area contributed by atoms with Gasteiger partial charge in [0.25, 0.3) is 5.41 Å². The molecule has 11 nitrogen and oxygen atoms in total. The predicted molar refractivity (Wildman–Crippen MR) is 122 cm³/mol. The molecule has 2 unspecified atom stereocenters. The van der Waals surface area contributed by atoms with Crippen LogP contribution in [0.15, 0.2) is 30.3 Å². The molecule has 11 heteroatoms. The summed E-state index contributed by atoms with van der Waals surface area (Å²) in [6.07, 6.45) is -0.907. The molecule has 2 fully saturated rings. The molecule has 0 saturated carbocycles. The van der Waals surface area contributed by atoms with E-state index in [2.05, 4.69) is 0 Å². The number of hydrogen-bond acceptors (Lipinski definition) is 10. The fourth-order valence-corrected chi connectivity index (χ4v) is 4.90. The highest BCUT2D eigenvalue weighted by molar-refractivity contribution is 6.20. The van der Waals surface area contributed by atoms with E-state index in [4.69, 9.17) is 23.7 Å². The van der Waals surface area contributed by atoms with Crippen molar-refractivity contribution in [2.24, 2.45) is 17.3 Å². The molecule has 2 aliphatic heterocycles. The van der Waals surface area contributed by atoms with Crippen molar-refractivity contribution >= 4 is 29.8 Å². The highest BCUT2D eigenvalue weighted by atomic mass is 16.6. The van der Waals surface area contributed by atoms with Crippen LogP contribution >= 0.6 is 0 Å². The molecule has 0 spiro atoms. The summed E-state index contributed by atoms with van der Waals surface area (Å²) in [4.78, 5) is 68.8. The first-order valence-electron chi connectivity index (χ1n) is 12.0. The molecule has 196 valence electrons. The third-order valence-corrected chi connectivity index (χ3v) is 6.25. The predicted octanol–water partition coefficient (Wildman–Crippen LogP) is 1.40. The Morgan fingerprint density at radius 3 is 1.83 bits per heavy atom. The summed E-state index contributed by atoms with van der Waals surface area (Å²) in [6, 6.07) is 7.75. The summed E-state index contributed by atoms with van der Waals surface area (Å²) in [5.41, 5.74) is -2.14. The van der Waals surface area contributed by atoms with Gasteiger partial charge in [-0.2, -0.15) is 0 Å². The van der Waals surface area contributed by atoms with Crippen LogP contribution in [-0.4, -0.2) is 73.8 Å². The van der Waals surface area contributed by atoms with Gasteiger partial charge in [0.2, 0.25) is 5.91 Å². The van der Waals surface area contributed by atoms with Gasteiger partial charge < -0.3 is 28.6 Å². The van der Waals surface area contributed by atoms with Crippen LogP contribution in [-0.2, 0) is 47.7 Å². The lowest BCUT2D eigenvalue weighted by Crippen LogP contribution is -2.59. The van der Waals surface area contributed by atoms with Crippen molar-refractivity contribution < 1.29 is 47.7 Å². The number of benzene rings is 1. The molecule has 0 N–H and O–H groups in total. The van der Waals surface area contributed by atoms with Crippen LogP contribution in [0.3, 0.4) is 0 Å². The second-order valence-electron chi connectivity index (χ2n) is 8.13. The summed E-state index contributed by atoms with van der Waals surface area (Å²) in [5.74, 6) is -8.75. The van der Waals surface area contributed by atoms with Crippen LogP contribution in [0.25, 0.3) is 0 Å². The van der Waals surface area contributed by atoms with Crippen LogP contribution in [0.5, 0.6) is 0 Å². The molecule has 0 aromatic heterocycles.